The maximum absolute atomic E-state index is 12.6. The molecule has 0 saturated carbocycles. The highest BCUT2D eigenvalue weighted by Gasteiger charge is 2.21. The molecule has 0 unspecified atom stereocenters. The summed E-state index contributed by atoms with van der Waals surface area (Å²) in [7, 11) is -3.72. The monoisotopic (exact) mass is 431 g/mol. The molecule has 1 amide bonds. The summed E-state index contributed by atoms with van der Waals surface area (Å²) in [5.74, 6) is -0.373. The number of amides is 1. The number of thiazole rings is 1. The number of nitrogens with one attached hydrogen (secondary N) is 2. The number of anilines is 1. The average molecular weight is 432 g/mol. The van der Waals surface area contributed by atoms with E-state index in [4.69, 9.17) is 4.74 Å². The molecular formula is C20H21N3O4S2. The zero-order valence-electron chi connectivity index (χ0n) is 15.8. The van der Waals surface area contributed by atoms with Crippen molar-refractivity contribution in [1.82, 2.24) is 9.71 Å². The molecule has 2 heterocycles. The fourth-order valence-electron chi connectivity index (χ4n) is 3.22. The maximum Gasteiger partial charge on any atom is 0.255 e. The number of carbonyl (C=O) groups excluding carboxylic acids is 1. The largest absolute Gasteiger partial charge is 0.377 e. The Hall–Kier alpha value is -2.33. The number of aryl methyl sites for hydroxylation is 1. The summed E-state index contributed by atoms with van der Waals surface area (Å²) < 4.78 is 34.1. The number of nitrogens with zero attached hydrogens (tertiary/aromatic N) is 1. The Morgan fingerprint density at radius 1 is 1.28 bits per heavy atom. The molecular weight excluding hydrogens is 410 g/mol. The smallest absolute Gasteiger partial charge is 0.255 e. The zero-order chi connectivity index (χ0) is 20.4. The van der Waals surface area contributed by atoms with Crippen molar-refractivity contribution in [2.75, 3.05) is 18.5 Å². The van der Waals surface area contributed by atoms with Gasteiger partial charge in [0.15, 0.2) is 0 Å². The zero-order valence-corrected chi connectivity index (χ0v) is 17.5. The number of carbonyl (C=O) groups is 1. The van der Waals surface area contributed by atoms with E-state index in [9.17, 15) is 13.2 Å². The summed E-state index contributed by atoms with van der Waals surface area (Å²) in [4.78, 5) is 17.1. The highest BCUT2D eigenvalue weighted by atomic mass is 32.2. The summed E-state index contributed by atoms with van der Waals surface area (Å²) >= 11 is 1.55. The van der Waals surface area contributed by atoms with Crippen molar-refractivity contribution >= 4 is 43.2 Å². The van der Waals surface area contributed by atoms with E-state index in [1.165, 1.54) is 12.1 Å². The Balaban J connectivity index is 1.48. The number of aromatic nitrogens is 1. The first-order valence-corrected chi connectivity index (χ1v) is 11.6. The normalized spacial score (nSPS) is 16.9. The number of fused-ring (bicyclic) bond motifs is 1. The molecule has 29 heavy (non-hydrogen) atoms. The minimum atomic E-state index is -3.72. The van der Waals surface area contributed by atoms with Gasteiger partial charge in [0.1, 0.15) is 0 Å². The summed E-state index contributed by atoms with van der Waals surface area (Å²) in [6.45, 7) is 2.82. The molecule has 4 rings (SSSR count). The Morgan fingerprint density at radius 2 is 2.14 bits per heavy atom. The van der Waals surface area contributed by atoms with Gasteiger partial charge in [-0.25, -0.2) is 18.1 Å². The molecule has 1 aliphatic heterocycles. The molecule has 1 saturated heterocycles. The van der Waals surface area contributed by atoms with Crippen LogP contribution in [0.15, 0.2) is 47.4 Å². The van der Waals surface area contributed by atoms with Crippen LogP contribution in [-0.4, -0.2) is 38.6 Å². The van der Waals surface area contributed by atoms with Crippen molar-refractivity contribution in [1.29, 1.82) is 0 Å². The van der Waals surface area contributed by atoms with E-state index in [2.05, 4.69) is 15.0 Å². The van der Waals surface area contributed by atoms with Gasteiger partial charge in [-0.1, -0.05) is 6.07 Å². The first-order chi connectivity index (χ1) is 13.9. The molecule has 9 heteroatoms. The van der Waals surface area contributed by atoms with Gasteiger partial charge in [-0.2, -0.15) is 0 Å². The Bertz CT molecular complexity index is 1150. The second-order valence-corrected chi connectivity index (χ2v) is 9.89. The van der Waals surface area contributed by atoms with Crippen LogP contribution in [0.2, 0.25) is 0 Å². The second kappa shape index (κ2) is 8.19. The van der Waals surface area contributed by atoms with Gasteiger partial charge in [0.05, 0.1) is 26.2 Å². The van der Waals surface area contributed by atoms with Crippen LogP contribution in [-0.2, 0) is 14.8 Å². The van der Waals surface area contributed by atoms with Crippen molar-refractivity contribution in [3.63, 3.8) is 0 Å². The van der Waals surface area contributed by atoms with E-state index < -0.39 is 10.0 Å². The third-order valence-electron chi connectivity index (χ3n) is 4.68. The van der Waals surface area contributed by atoms with E-state index >= 15 is 0 Å². The Labute approximate surface area is 173 Å². The topological polar surface area (TPSA) is 97.4 Å². The lowest BCUT2D eigenvalue weighted by atomic mass is 10.2. The van der Waals surface area contributed by atoms with Crippen LogP contribution < -0.4 is 10.0 Å². The molecule has 1 atom stereocenters. The lowest BCUT2D eigenvalue weighted by Gasteiger charge is -2.12. The van der Waals surface area contributed by atoms with Gasteiger partial charge in [0.2, 0.25) is 10.0 Å². The molecule has 2 N–H and O–H groups in total. The van der Waals surface area contributed by atoms with E-state index in [-0.39, 0.29) is 29.0 Å². The van der Waals surface area contributed by atoms with Gasteiger partial charge < -0.3 is 10.1 Å². The van der Waals surface area contributed by atoms with Crippen molar-refractivity contribution in [2.24, 2.45) is 0 Å². The minimum absolute atomic E-state index is 0.0525. The second-order valence-electron chi connectivity index (χ2n) is 6.88. The Morgan fingerprint density at radius 3 is 2.93 bits per heavy atom. The third-order valence-corrected chi connectivity index (χ3v) is 7.04. The van der Waals surface area contributed by atoms with Gasteiger partial charge >= 0.3 is 0 Å². The van der Waals surface area contributed by atoms with Crippen LogP contribution in [0.4, 0.5) is 5.69 Å². The van der Waals surface area contributed by atoms with Crippen molar-refractivity contribution in [3.8, 4) is 0 Å². The third kappa shape index (κ3) is 4.64. The maximum atomic E-state index is 12.6. The molecule has 152 valence electrons. The van der Waals surface area contributed by atoms with Crippen LogP contribution in [0.1, 0.15) is 28.2 Å². The average Bonchev–Trinajstić information content (AvgIpc) is 3.35. The predicted molar refractivity (Wildman–Crippen MR) is 113 cm³/mol. The van der Waals surface area contributed by atoms with Crippen LogP contribution in [0.3, 0.4) is 0 Å². The van der Waals surface area contributed by atoms with Crippen LogP contribution >= 0.6 is 11.3 Å². The fourth-order valence-corrected chi connectivity index (χ4v) is 5.19. The molecule has 1 aromatic heterocycles. The van der Waals surface area contributed by atoms with Crippen molar-refractivity contribution in [3.05, 3.63) is 53.0 Å². The molecule has 0 radical (unpaired) electrons. The van der Waals surface area contributed by atoms with E-state index in [1.807, 2.05) is 19.1 Å². The minimum Gasteiger partial charge on any atom is -0.377 e. The lowest BCUT2D eigenvalue weighted by molar-refractivity contribution is 0.102. The first kappa shape index (κ1) is 20.0. The fraction of sp³-hybridized carbons (Fsp3) is 0.300. The number of ether oxygens (including phenoxy) is 1. The molecule has 0 bridgehead atoms. The number of rotatable bonds is 6. The molecule has 2 aromatic carbocycles. The molecule has 0 aliphatic carbocycles. The lowest BCUT2D eigenvalue weighted by Crippen LogP contribution is -2.32. The van der Waals surface area contributed by atoms with Gasteiger partial charge in [0.25, 0.3) is 5.91 Å². The van der Waals surface area contributed by atoms with Gasteiger partial charge in [0, 0.05) is 24.4 Å². The number of hydrogen-bond donors (Lipinski definition) is 2. The Kier molecular flexibility index (Phi) is 5.64. The summed E-state index contributed by atoms with van der Waals surface area (Å²) in [6, 6.07) is 11.5. The SMILES string of the molecule is Cc1nc2ccc(NC(=O)c3cccc(S(=O)(=O)NC[C@@H]4CCCO4)c3)cc2s1. The van der Waals surface area contributed by atoms with E-state index in [1.54, 1.807) is 29.5 Å². The van der Waals surface area contributed by atoms with Gasteiger partial charge in [-0.05, 0) is 56.2 Å². The summed E-state index contributed by atoms with van der Waals surface area (Å²) in [6.07, 6.45) is 1.69. The summed E-state index contributed by atoms with van der Waals surface area (Å²) in [5.41, 5.74) is 1.79. The molecule has 0 spiro atoms. The number of sulfonamides is 1. The molecule has 3 aromatic rings. The number of hydrogen-bond acceptors (Lipinski definition) is 6. The first-order valence-electron chi connectivity index (χ1n) is 9.30. The van der Waals surface area contributed by atoms with Crippen molar-refractivity contribution in [2.45, 2.75) is 30.8 Å². The molecule has 1 fully saturated rings. The van der Waals surface area contributed by atoms with Crippen molar-refractivity contribution < 1.29 is 17.9 Å². The standard InChI is InChI=1S/C20H21N3O4S2/c1-13-22-18-8-7-15(11-19(18)28-13)23-20(24)14-4-2-6-17(10-14)29(25,26)21-12-16-5-3-9-27-16/h2,4,6-8,10-11,16,21H,3,5,9,12H2,1H3,(H,23,24)/t16-/m0/s1. The number of benzene rings is 2. The van der Waals surface area contributed by atoms with E-state index in [0.717, 1.165) is 28.1 Å². The van der Waals surface area contributed by atoms with Crippen LogP contribution in [0.25, 0.3) is 10.2 Å². The van der Waals surface area contributed by atoms with E-state index in [0.29, 0.717) is 12.3 Å². The van der Waals surface area contributed by atoms with Crippen LogP contribution in [0.5, 0.6) is 0 Å². The molecule has 1 aliphatic rings. The van der Waals surface area contributed by atoms with Crippen LogP contribution in [0, 0.1) is 6.92 Å². The highest BCUT2D eigenvalue weighted by Crippen LogP contribution is 2.25. The van der Waals surface area contributed by atoms with Gasteiger partial charge in [-0.3, -0.25) is 4.79 Å². The predicted octanol–water partition coefficient (Wildman–Crippen LogP) is 3.31. The highest BCUT2D eigenvalue weighted by molar-refractivity contribution is 7.89. The molecule has 7 nitrogen and oxygen atoms in total. The quantitative estimate of drug-likeness (QED) is 0.624. The van der Waals surface area contributed by atoms with Gasteiger partial charge in [-0.15, -0.1) is 11.3 Å². The summed E-state index contributed by atoms with van der Waals surface area (Å²) in [5, 5.41) is 3.78.